The third-order valence-electron chi connectivity index (χ3n) is 6.48. The minimum absolute atomic E-state index is 0.0509. The molecule has 33 heavy (non-hydrogen) atoms. The highest BCUT2D eigenvalue weighted by Gasteiger charge is 2.34. The summed E-state index contributed by atoms with van der Waals surface area (Å²) in [6.07, 6.45) is 6.80. The molecule has 8 heteroatoms. The maximum Gasteiger partial charge on any atom is 0.226 e. The molecule has 0 saturated heterocycles. The molecular weight excluding hydrogens is 436 g/mol. The minimum Gasteiger partial charge on any atom is -0.493 e. The number of rotatable bonds is 5. The number of benzene rings is 2. The van der Waals surface area contributed by atoms with E-state index in [1.165, 1.54) is 12.8 Å². The first-order chi connectivity index (χ1) is 16.2. The quantitative estimate of drug-likeness (QED) is 0.438. The van der Waals surface area contributed by atoms with E-state index in [1.807, 2.05) is 48.7 Å². The van der Waals surface area contributed by atoms with Crippen LogP contribution in [0.3, 0.4) is 0 Å². The molecule has 1 aliphatic carbocycles. The van der Waals surface area contributed by atoms with Crippen molar-refractivity contribution in [3.63, 3.8) is 0 Å². The van der Waals surface area contributed by atoms with Gasteiger partial charge in [-0.25, -0.2) is 4.98 Å². The number of carbonyl (C=O) groups is 1. The molecule has 0 spiro atoms. The van der Waals surface area contributed by atoms with Gasteiger partial charge in [-0.3, -0.25) is 4.79 Å². The van der Waals surface area contributed by atoms with E-state index in [1.54, 1.807) is 23.1 Å². The molecule has 1 N–H and O–H groups in total. The molecule has 4 aromatic rings. The van der Waals surface area contributed by atoms with Crippen molar-refractivity contribution in [3.8, 4) is 16.6 Å². The Morgan fingerprint density at radius 3 is 2.76 bits per heavy atom. The van der Waals surface area contributed by atoms with Crippen molar-refractivity contribution in [3.05, 3.63) is 59.8 Å². The van der Waals surface area contributed by atoms with Gasteiger partial charge in [-0.05, 0) is 43.9 Å². The Labute approximate surface area is 195 Å². The average Bonchev–Trinajstić information content (AvgIpc) is 3.58. The molecule has 0 bridgehead atoms. The summed E-state index contributed by atoms with van der Waals surface area (Å²) in [6.45, 7) is 0. The van der Waals surface area contributed by atoms with Crippen molar-refractivity contribution >= 4 is 33.3 Å². The van der Waals surface area contributed by atoms with Crippen LogP contribution in [0.2, 0.25) is 0 Å². The first-order valence-corrected chi connectivity index (χ1v) is 12.1. The average molecular weight is 461 g/mol. The molecule has 6 rings (SSSR count). The van der Waals surface area contributed by atoms with Crippen LogP contribution in [-0.2, 0) is 4.79 Å². The normalized spacial score (nSPS) is 18.3. The molecule has 2 aliphatic rings. The Kier molecular flexibility index (Phi) is 5.02. The van der Waals surface area contributed by atoms with Gasteiger partial charge in [0.15, 0.2) is 11.5 Å². The third-order valence-corrected chi connectivity index (χ3v) is 7.49. The lowest BCUT2D eigenvalue weighted by Gasteiger charge is -2.27. The first kappa shape index (κ1) is 20.2. The Bertz CT molecular complexity index is 1310. The number of thiazole rings is 1. The number of fused-ring (bicyclic) bond motifs is 2. The smallest absolute Gasteiger partial charge is 0.226 e. The summed E-state index contributed by atoms with van der Waals surface area (Å²) < 4.78 is 14.9. The monoisotopic (exact) mass is 460 g/mol. The Morgan fingerprint density at radius 2 is 1.94 bits per heavy atom. The number of nitrogens with zero attached hydrogens (tertiary/aromatic N) is 3. The zero-order valence-electron chi connectivity index (χ0n) is 18.3. The number of carbonyl (C=O) groups excluding carboxylic acids is 1. The van der Waals surface area contributed by atoms with Gasteiger partial charge in [-0.2, -0.15) is 9.78 Å². The SMILES string of the molecule is COc1cccc([C@@H]2CC(=O)Nc3c2cnn3-c2nc3ccccc3s2)c1OC1CCCC1. The zero-order chi connectivity index (χ0) is 22.4. The van der Waals surface area contributed by atoms with Crippen LogP contribution in [0.5, 0.6) is 11.5 Å². The van der Waals surface area contributed by atoms with Crippen LogP contribution in [0.4, 0.5) is 5.82 Å². The number of para-hydroxylation sites is 2. The molecule has 1 amide bonds. The zero-order valence-corrected chi connectivity index (χ0v) is 19.1. The minimum atomic E-state index is -0.177. The Hall–Kier alpha value is -3.39. The molecule has 168 valence electrons. The summed E-state index contributed by atoms with van der Waals surface area (Å²) in [5.74, 6) is 1.88. The van der Waals surface area contributed by atoms with Crippen LogP contribution in [0, 0.1) is 0 Å². The van der Waals surface area contributed by atoms with E-state index >= 15 is 0 Å². The molecule has 1 saturated carbocycles. The van der Waals surface area contributed by atoms with Crippen LogP contribution in [0.1, 0.15) is 49.1 Å². The van der Waals surface area contributed by atoms with Gasteiger partial charge in [0.25, 0.3) is 0 Å². The second kappa shape index (κ2) is 8.19. The lowest BCUT2D eigenvalue weighted by atomic mass is 9.86. The predicted octanol–water partition coefficient (Wildman–Crippen LogP) is 5.29. The standard InChI is InChI=1S/C25H24N4O3S/c1-31-20-11-6-9-16(23(20)32-15-7-2-3-8-15)17-13-22(30)28-24-18(17)14-26-29(24)25-27-19-10-4-5-12-21(19)33-25/h4-6,9-12,14-15,17H,2-3,7-8,13H2,1H3,(H,28,30)/t17-/m0/s1. The summed E-state index contributed by atoms with van der Waals surface area (Å²) in [4.78, 5) is 17.6. The second-order valence-electron chi connectivity index (χ2n) is 8.53. The number of ether oxygens (including phenoxy) is 2. The van der Waals surface area contributed by atoms with Crippen molar-refractivity contribution in [2.24, 2.45) is 0 Å². The first-order valence-electron chi connectivity index (χ1n) is 11.3. The maximum absolute atomic E-state index is 12.8. The van der Waals surface area contributed by atoms with Crippen LogP contribution in [0.15, 0.2) is 48.7 Å². The largest absolute Gasteiger partial charge is 0.493 e. The van der Waals surface area contributed by atoms with Crippen LogP contribution >= 0.6 is 11.3 Å². The van der Waals surface area contributed by atoms with Crippen molar-refractivity contribution < 1.29 is 14.3 Å². The number of hydrogen-bond donors (Lipinski definition) is 1. The number of anilines is 1. The van der Waals surface area contributed by atoms with Gasteiger partial charge in [-0.1, -0.05) is 35.6 Å². The van der Waals surface area contributed by atoms with Crippen molar-refractivity contribution in [2.45, 2.75) is 44.1 Å². The summed E-state index contributed by atoms with van der Waals surface area (Å²) in [6, 6.07) is 13.9. The molecule has 1 fully saturated rings. The molecule has 3 heterocycles. The Balaban J connectivity index is 1.44. The fourth-order valence-electron chi connectivity index (χ4n) is 4.86. The van der Waals surface area contributed by atoms with Gasteiger partial charge in [0, 0.05) is 23.5 Å². The summed E-state index contributed by atoms with van der Waals surface area (Å²) in [5.41, 5.74) is 2.83. The van der Waals surface area contributed by atoms with E-state index in [-0.39, 0.29) is 17.9 Å². The van der Waals surface area contributed by atoms with Gasteiger partial charge < -0.3 is 14.8 Å². The van der Waals surface area contributed by atoms with Gasteiger partial charge in [0.2, 0.25) is 11.0 Å². The predicted molar refractivity (Wildman–Crippen MR) is 128 cm³/mol. The number of methoxy groups -OCH3 is 1. The van der Waals surface area contributed by atoms with Crippen molar-refractivity contribution in [2.75, 3.05) is 12.4 Å². The van der Waals surface area contributed by atoms with Gasteiger partial charge in [0.1, 0.15) is 5.82 Å². The molecule has 2 aromatic heterocycles. The second-order valence-corrected chi connectivity index (χ2v) is 9.54. The molecule has 2 aromatic carbocycles. The topological polar surface area (TPSA) is 78.3 Å². The maximum atomic E-state index is 12.8. The summed E-state index contributed by atoms with van der Waals surface area (Å²) in [5, 5.41) is 8.38. The molecule has 1 aliphatic heterocycles. The number of aromatic nitrogens is 3. The van der Waals surface area contributed by atoms with Crippen molar-refractivity contribution in [1.29, 1.82) is 0 Å². The highest BCUT2D eigenvalue weighted by Crippen LogP contribution is 2.45. The Morgan fingerprint density at radius 1 is 1.09 bits per heavy atom. The van der Waals surface area contributed by atoms with E-state index in [2.05, 4.69) is 10.4 Å². The van der Waals surface area contributed by atoms with E-state index in [9.17, 15) is 4.79 Å². The van der Waals surface area contributed by atoms with E-state index < -0.39 is 0 Å². The lowest BCUT2D eigenvalue weighted by molar-refractivity contribution is -0.116. The van der Waals surface area contributed by atoms with Crippen LogP contribution in [-0.4, -0.2) is 33.9 Å². The fourth-order valence-corrected chi connectivity index (χ4v) is 5.79. The van der Waals surface area contributed by atoms with Crippen LogP contribution in [0.25, 0.3) is 15.3 Å². The van der Waals surface area contributed by atoms with E-state index in [0.29, 0.717) is 18.0 Å². The lowest BCUT2D eigenvalue weighted by Crippen LogP contribution is -2.25. The van der Waals surface area contributed by atoms with Gasteiger partial charge >= 0.3 is 0 Å². The van der Waals surface area contributed by atoms with E-state index in [0.717, 1.165) is 45.1 Å². The van der Waals surface area contributed by atoms with Gasteiger partial charge in [-0.15, -0.1) is 0 Å². The molecule has 1 atom stereocenters. The number of amides is 1. The fraction of sp³-hybridized carbons (Fsp3) is 0.320. The molecule has 7 nitrogen and oxygen atoms in total. The third kappa shape index (κ3) is 3.54. The van der Waals surface area contributed by atoms with Gasteiger partial charge in [0.05, 0.1) is 29.6 Å². The molecular formula is C25H24N4O3S. The highest BCUT2D eigenvalue weighted by atomic mass is 32.1. The van der Waals surface area contributed by atoms with Crippen LogP contribution < -0.4 is 14.8 Å². The van der Waals surface area contributed by atoms with E-state index in [4.69, 9.17) is 14.5 Å². The molecule has 0 radical (unpaired) electrons. The molecule has 0 unspecified atom stereocenters. The number of nitrogens with one attached hydrogen (secondary N) is 1. The van der Waals surface area contributed by atoms with Crippen molar-refractivity contribution in [1.82, 2.24) is 14.8 Å². The highest BCUT2D eigenvalue weighted by molar-refractivity contribution is 7.20. The number of hydrogen-bond acceptors (Lipinski definition) is 6. The summed E-state index contributed by atoms with van der Waals surface area (Å²) in [7, 11) is 1.66. The summed E-state index contributed by atoms with van der Waals surface area (Å²) >= 11 is 1.55.